The molecule has 0 aliphatic carbocycles. The number of rotatable bonds is 2. The number of thioether (sulfide) groups is 1. The molecule has 1 aromatic heterocycles. The van der Waals surface area contributed by atoms with Crippen molar-refractivity contribution in [2.75, 3.05) is 13.1 Å². The van der Waals surface area contributed by atoms with Crippen LogP contribution in [0, 0.1) is 0 Å². The summed E-state index contributed by atoms with van der Waals surface area (Å²) in [5.41, 5.74) is 1.27. The van der Waals surface area contributed by atoms with E-state index in [0.717, 1.165) is 32.8 Å². The SMILES string of the molecule is O=c1cc(CSC(=S)N2CCCC2)c2ccc(Br)cc2o1. The smallest absolute Gasteiger partial charge is 0.336 e. The largest absolute Gasteiger partial charge is 0.423 e. The first-order valence-corrected chi connectivity index (χ1v) is 8.96. The Labute approximate surface area is 140 Å². The average Bonchev–Trinajstić information content (AvgIpc) is 2.97. The van der Waals surface area contributed by atoms with Gasteiger partial charge in [0.1, 0.15) is 9.90 Å². The Bertz CT molecular complexity index is 738. The Hall–Kier alpha value is -0.850. The quantitative estimate of drug-likeness (QED) is 0.574. The summed E-state index contributed by atoms with van der Waals surface area (Å²) < 4.78 is 7.07. The van der Waals surface area contributed by atoms with Crippen LogP contribution >= 0.6 is 39.9 Å². The first-order chi connectivity index (χ1) is 10.1. The zero-order valence-corrected chi connectivity index (χ0v) is 14.5. The molecule has 1 aliphatic heterocycles. The molecule has 110 valence electrons. The fourth-order valence-electron chi connectivity index (χ4n) is 2.45. The maximum Gasteiger partial charge on any atom is 0.336 e. The number of likely N-dealkylation sites (tertiary alicyclic amines) is 1. The molecule has 0 amide bonds. The highest BCUT2D eigenvalue weighted by atomic mass is 79.9. The average molecular weight is 384 g/mol. The van der Waals surface area contributed by atoms with Crippen LogP contribution in [0.5, 0.6) is 0 Å². The number of hydrogen-bond acceptors (Lipinski definition) is 4. The van der Waals surface area contributed by atoms with Gasteiger partial charge in [-0.05, 0) is 36.6 Å². The first-order valence-electron chi connectivity index (χ1n) is 6.77. The second-order valence-corrected chi connectivity index (χ2v) is 7.50. The highest BCUT2D eigenvalue weighted by molar-refractivity contribution is 9.10. The van der Waals surface area contributed by atoms with E-state index in [1.165, 1.54) is 12.8 Å². The summed E-state index contributed by atoms with van der Waals surface area (Å²) in [6, 6.07) is 7.31. The minimum atomic E-state index is -0.316. The van der Waals surface area contributed by atoms with Gasteiger partial charge in [0.05, 0.1) is 0 Å². The van der Waals surface area contributed by atoms with Crippen LogP contribution < -0.4 is 5.63 Å². The van der Waals surface area contributed by atoms with Gasteiger partial charge < -0.3 is 9.32 Å². The number of benzene rings is 1. The second kappa shape index (κ2) is 6.50. The van der Waals surface area contributed by atoms with Crippen LogP contribution in [0.25, 0.3) is 11.0 Å². The minimum absolute atomic E-state index is 0.316. The molecule has 1 aliphatic rings. The minimum Gasteiger partial charge on any atom is -0.423 e. The lowest BCUT2D eigenvalue weighted by molar-refractivity contribution is 0.539. The van der Waals surface area contributed by atoms with Crippen molar-refractivity contribution in [3.05, 3.63) is 44.7 Å². The lowest BCUT2D eigenvalue weighted by Crippen LogP contribution is -2.23. The summed E-state index contributed by atoms with van der Waals surface area (Å²) in [4.78, 5) is 13.9. The van der Waals surface area contributed by atoms with Crippen LogP contribution in [0.4, 0.5) is 0 Å². The van der Waals surface area contributed by atoms with Gasteiger partial charge in [-0.25, -0.2) is 4.79 Å². The molecule has 21 heavy (non-hydrogen) atoms. The van der Waals surface area contributed by atoms with Crippen molar-refractivity contribution in [3.63, 3.8) is 0 Å². The third-order valence-corrected chi connectivity index (χ3v) is 5.57. The molecule has 2 heterocycles. The summed E-state index contributed by atoms with van der Waals surface area (Å²) >= 11 is 10.5. The lowest BCUT2D eigenvalue weighted by atomic mass is 10.1. The molecule has 0 spiro atoms. The van der Waals surface area contributed by atoms with E-state index < -0.39 is 0 Å². The Morgan fingerprint density at radius 3 is 2.86 bits per heavy atom. The fourth-order valence-corrected chi connectivity index (χ4v) is 4.04. The topological polar surface area (TPSA) is 33.5 Å². The maximum absolute atomic E-state index is 11.7. The van der Waals surface area contributed by atoms with Crippen LogP contribution in [0.1, 0.15) is 18.4 Å². The summed E-state index contributed by atoms with van der Waals surface area (Å²) in [6.45, 7) is 2.10. The number of hydrogen-bond donors (Lipinski definition) is 0. The van der Waals surface area contributed by atoms with Crippen molar-refractivity contribution in [2.24, 2.45) is 0 Å². The Kier molecular flexibility index (Phi) is 4.66. The van der Waals surface area contributed by atoms with Gasteiger partial charge in [0, 0.05) is 34.8 Å². The van der Waals surface area contributed by atoms with E-state index in [1.54, 1.807) is 17.8 Å². The molecule has 3 nitrogen and oxygen atoms in total. The van der Waals surface area contributed by atoms with Gasteiger partial charge in [-0.3, -0.25) is 0 Å². The highest BCUT2D eigenvalue weighted by Gasteiger charge is 2.16. The van der Waals surface area contributed by atoms with Crippen LogP contribution in [0.3, 0.4) is 0 Å². The zero-order chi connectivity index (χ0) is 14.8. The van der Waals surface area contributed by atoms with Gasteiger partial charge in [0.25, 0.3) is 0 Å². The van der Waals surface area contributed by atoms with Gasteiger partial charge in [0.15, 0.2) is 0 Å². The number of halogens is 1. The number of nitrogens with zero attached hydrogens (tertiary/aromatic N) is 1. The predicted molar refractivity (Wildman–Crippen MR) is 94.9 cm³/mol. The molecule has 0 saturated carbocycles. The molecule has 3 rings (SSSR count). The molecule has 1 saturated heterocycles. The van der Waals surface area contributed by atoms with Crippen molar-refractivity contribution in [1.29, 1.82) is 0 Å². The van der Waals surface area contributed by atoms with Crippen molar-refractivity contribution in [2.45, 2.75) is 18.6 Å². The van der Waals surface area contributed by atoms with Gasteiger partial charge in [-0.1, -0.05) is 39.9 Å². The van der Waals surface area contributed by atoms with Gasteiger partial charge >= 0.3 is 5.63 Å². The third-order valence-electron chi connectivity index (χ3n) is 3.51. The predicted octanol–water partition coefficient (Wildman–Crippen LogP) is 4.17. The van der Waals surface area contributed by atoms with Crippen molar-refractivity contribution >= 4 is 55.2 Å². The normalized spacial score (nSPS) is 14.8. The molecule has 2 aromatic rings. The van der Waals surface area contributed by atoms with E-state index in [4.69, 9.17) is 16.6 Å². The number of thiocarbonyl (C=S) groups is 1. The van der Waals surface area contributed by atoms with E-state index in [2.05, 4.69) is 20.8 Å². The molecular formula is C15H14BrNO2S2. The molecule has 0 atom stereocenters. The second-order valence-electron chi connectivity index (χ2n) is 4.98. The fraction of sp³-hybridized carbons (Fsp3) is 0.333. The standard InChI is InChI=1S/C15H14BrNO2S2/c16-11-3-4-12-10(7-14(18)19-13(12)8-11)9-21-15(20)17-5-1-2-6-17/h3-4,7-8H,1-2,5-6,9H2. The monoisotopic (exact) mass is 383 g/mol. The summed E-state index contributed by atoms with van der Waals surface area (Å²) in [5.74, 6) is 0.694. The molecule has 1 fully saturated rings. The highest BCUT2D eigenvalue weighted by Crippen LogP contribution is 2.26. The molecular weight excluding hydrogens is 370 g/mol. The van der Waals surface area contributed by atoms with Gasteiger partial charge in [-0.15, -0.1) is 0 Å². The van der Waals surface area contributed by atoms with E-state index in [9.17, 15) is 4.79 Å². The van der Waals surface area contributed by atoms with Crippen LogP contribution in [-0.4, -0.2) is 22.3 Å². The van der Waals surface area contributed by atoms with E-state index in [1.807, 2.05) is 18.2 Å². The Balaban J connectivity index is 1.83. The Morgan fingerprint density at radius 2 is 2.10 bits per heavy atom. The molecule has 0 radical (unpaired) electrons. The van der Waals surface area contributed by atoms with Gasteiger partial charge in [-0.2, -0.15) is 0 Å². The van der Waals surface area contributed by atoms with Crippen LogP contribution in [0.15, 0.2) is 37.9 Å². The maximum atomic E-state index is 11.7. The first kappa shape index (κ1) is 15.1. The van der Waals surface area contributed by atoms with Crippen molar-refractivity contribution < 1.29 is 4.42 Å². The molecule has 6 heteroatoms. The molecule has 0 unspecified atom stereocenters. The van der Waals surface area contributed by atoms with E-state index in [-0.39, 0.29) is 5.63 Å². The summed E-state index contributed by atoms with van der Waals surface area (Å²) in [5, 5.41) is 0.967. The van der Waals surface area contributed by atoms with Gasteiger partial charge in [0.2, 0.25) is 0 Å². The van der Waals surface area contributed by atoms with E-state index in [0.29, 0.717) is 11.3 Å². The summed E-state index contributed by atoms with van der Waals surface area (Å²) in [6.07, 6.45) is 2.43. The molecule has 0 N–H and O–H groups in total. The number of fused-ring (bicyclic) bond motifs is 1. The lowest BCUT2D eigenvalue weighted by Gasteiger charge is -2.17. The van der Waals surface area contributed by atoms with Crippen LogP contribution in [0.2, 0.25) is 0 Å². The van der Waals surface area contributed by atoms with Crippen molar-refractivity contribution in [3.8, 4) is 0 Å². The van der Waals surface area contributed by atoms with E-state index >= 15 is 0 Å². The van der Waals surface area contributed by atoms with Crippen LogP contribution in [-0.2, 0) is 5.75 Å². The summed E-state index contributed by atoms with van der Waals surface area (Å²) in [7, 11) is 0. The third kappa shape index (κ3) is 3.49. The van der Waals surface area contributed by atoms with Crippen molar-refractivity contribution in [1.82, 2.24) is 4.90 Å². The zero-order valence-electron chi connectivity index (χ0n) is 11.3. The molecule has 1 aromatic carbocycles. The Morgan fingerprint density at radius 1 is 1.33 bits per heavy atom. The molecule has 0 bridgehead atoms.